The number of anilines is 1. The number of nitrogens with zero attached hydrogens (tertiary/aromatic N) is 1. The van der Waals surface area contributed by atoms with Gasteiger partial charge in [0.05, 0.1) is 11.0 Å². The summed E-state index contributed by atoms with van der Waals surface area (Å²) in [6.45, 7) is 1.90. The fourth-order valence-electron chi connectivity index (χ4n) is 2.94. The molecule has 1 atom stereocenters. The van der Waals surface area contributed by atoms with E-state index >= 15 is 0 Å². The lowest BCUT2D eigenvalue weighted by atomic mass is 10.1. The van der Waals surface area contributed by atoms with Crippen LogP contribution in [0.4, 0.5) is 11.4 Å². The molecule has 0 heterocycles. The van der Waals surface area contributed by atoms with Crippen molar-refractivity contribution in [2.75, 3.05) is 5.32 Å². The van der Waals surface area contributed by atoms with E-state index in [4.69, 9.17) is 0 Å². The van der Waals surface area contributed by atoms with Crippen molar-refractivity contribution in [2.45, 2.75) is 13.0 Å². The molecule has 0 saturated carbocycles. The van der Waals surface area contributed by atoms with Crippen LogP contribution in [0.25, 0.3) is 6.08 Å². The second kappa shape index (κ2) is 9.98. The SMILES string of the molecule is CC(NC(=O)c1cccc(NC(=O)/C=C/c2cccc([N+](=O)[O-])c2)c1)c1ccccc1. The predicted molar refractivity (Wildman–Crippen MR) is 120 cm³/mol. The van der Waals surface area contributed by atoms with Crippen molar-refractivity contribution in [3.8, 4) is 0 Å². The molecule has 156 valence electrons. The van der Waals surface area contributed by atoms with Crippen LogP contribution < -0.4 is 10.6 Å². The molecular formula is C24H21N3O4. The highest BCUT2D eigenvalue weighted by Gasteiger charge is 2.12. The molecule has 7 nitrogen and oxygen atoms in total. The van der Waals surface area contributed by atoms with Crippen molar-refractivity contribution in [1.82, 2.24) is 5.32 Å². The van der Waals surface area contributed by atoms with Crippen LogP contribution >= 0.6 is 0 Å². The first kappa shape index (κ1) is 21.4. The average molecular weight is 415 g/mol. The van der Waals surface area contributed by atoms with E-state index < -0.39 is 10.8 Å². The van der Waals surface area contributed by atoms with E-state index in [1.807, 2.05) is 37.3 Å². The second-order valence-corrected chi connectivity index (χ2v) is 6.86. The Morgan fingerprint density at radius 3 is 2.45 bits per heavy atom. The van der Waals surface area contributed by atoms with Gasteiger partial charge < -0.3 is 10.6 Å². The molecule has 3 aromatic carbocycles. The zero-order chi connectivity index (χ0) is 22.2. The van der Waals surface area contributed by atoms with E-state index in [2.05, 4.69) is 10.6 Å². The van der Waals surface area contributed by atoms with Gasteiger partial charge in [0.2, 0.25) is 5.91 Å². The van der Waals surface area contributed by atoms with Crippen LogP contribution in [0, 0.1) is 10.1 Å². The molecule has 0 fully saturated rings. The van der Waals surface area contributed by atoms with E-state index in [9.17, 15) is 19.7 Å². The molecule has 0 bridgehead atoms. The van der Waals surface area contributed by atoms with E-state index in [0.29, 0.717) is 16.8 Å². The highest BCUT2D eigenvalue weighted by molar-refractivity contribution is 6.03. The Hall–Kier alpha value is -4.26. The molecule has 7 heteroatoms. The zero-order valence-electron chi connectivity index (χ0n) is 16.8. The first-order valence-corrected chi connectivity index (χ1v) is 9.62. The molecule has 0 radical (unpaired) electrons. The third-order valence-electron chi connectivity index (χ3n) is 4.55. The number of benzene rings is 3. The minimum atomic E-state index is -0.493. The molecule has 31 heavy (non-hydrogen) atoms. The summed E-state index contributed by atoms with van der Waals surface area (Å²) in [6.07, 6.45) is 2.77. The average Bonchev–Trinajstić information content (AvgIpc) is 2.78. The Bertz CT molecular complexity index is 1130. The van der Waals surface area contributed by atoms with Gasteiger partial charge in [0.1, 0.15) is 0 Å². The standard InChI is InChI=1S/C24H21N3O4/c1-17(19-8-3-2-4-9-19)25-24(29)20-10-6-11-21(16-20)26-23(28)14-13-18-7-5-12-22(15-18)27(30)31/h2-17H,1H3,(H,25,29)(H,26,28)/b14-13+. The topological polar surface area (TPSA) is 101 Å². The maximum absolute atomic E-state index is 12.6. The van der Waals surface area contributed by atoms with Crippen molar-refractivity contribution < 1.29 is 14.5 Å². The minimum absolute atomic E-state index is 0.0500. The van der Waals surface area contributed by atoms with Crippen molar-refractivity contribution in [1.29, 1.82) is 0 Å². The molecule has 0 spiro atoms. The number of hydrogen-bond donors (Lipinski definition) is 2. The van der Waals surface area contributed by atoms with Gasteiger partial charge in [0.25, 0.3) is 11.6 Å². The summed E-state index contributed by atoms with van der Waals surface area (Å²) >= 11 is 0. The maximum atomic E-state index is 12.6. The van der Waals surface area contributed by atoms with Gasteiger partial charge in [-0.3, -0.25) is 19.7 Å². The Balaban J connectivity index is 1.63. The van der Waals surface area contributed by atoms with Gasteiger partial charge in [-0.05, 0) is 42.3 Å². The molecule has 2 amide bonds. The van der Waals surface area contributed by atoms with E-state index in [0.717, 1.165) is 5.56 Å². The van der Waals surface area contributed by atoms with E-state index in [1.54, 1.807) is 36.4 Å². The van der Waals surface area contributed by atoms with Gasteiger partial charge in [0.15, 0.2) is 0 Å². The number of non-ortho nitro benzene ring substituents is 1. The van der Waals surface area contributed by atoms with Crippen LogP contribution in [0.5, 0.6) is 0 Å². The molecular weight excluding hydrogens is 394 g/mol. The van der Waals surface area contributed by atoms with Gasteiger partial charge in [-0.2, -0.15) is 0 Å². The van der Waals surface area contributed by atoms with Gasteiger partial charge in [-0.15, -0.1) is 0 Å². The van der Waals surface area contributed by atoms with Crippen LogP contribution in [0.2, 0.25) is 0 Å². The fraction of sp³-hybridized carbons (Fsp3) is 0.0833. The molecule has 3 aromatic rings. The highest BCUT2D eigenvalue weighted by atomic mass is 16.6. The summed E-state index contributed by atoms with van der Waals surface area (Å²) in [4.78, 5) is 35.1. The van der Waals surface area contributed by atoms with Crippen molar-refractivity contribution in [3.05, 3.63) is 112 Å². The smallest absolute Gasteiger partial charge is 0.270 e. The normalized spacial score (nSPS) is 11.6. The quantitative estimate of drug-likeness (QED) is 0.331. The molecule has 0 aliphatic rings. The number of amides is 2. The monoisotopic (exact) mass is 415 g/mol. The first-order chi connectivity index (χ1) is 14.9. The number of nitro groups is 1. The van der Waals surface area contributed by atoms with Crippen LogP contribution in [-0.2, 0) is 4.79 Å². The number of rotatable bonds is 7. The Labute approximate surface area is 179 Å². The first-order valence-electron chi connectivity index (χ1n) is 9.62. The van der Waals surface area contributed by atoms with Crippen molar-refractivity contribution in [2.24, 2.45) is 0 Å². The van der Waals surface area contributed by atoms with Gasteiger partial charge in [-0.25, -0.2) is 0 Å². The summed E-state index contributed by atoms with van der Waals surface area (Å²) in [5, 5.41) is 16.5. The number of nitro benzene ring substituents is 1. The van der Waals surface area contributed by atoms with Gasteiger partial charge in [0, 0.05) is 29.5 Å². The van der Waals surface area contributed by atoms with Gasteiger partial charge in [-0.1, -0.05) is 48.5 Å². The number of carbonyl (C=O) groups is 2. The molecule has 0 aromatic heterocycles. The van der Waals surface area contributed by atoms with Crippen molar-refractivity contribution >= 4 is 29.3 Å². The maximum Gasteiger partial charge on any atom is 0.270 e. The molecule has 2 N–H and O–H groups in total. The second-order valence-electron chi connectivity index (χ2n) is 6.86. The third kappa shape index (κ3) is 6.11. The van der Waals surface area contributed by atoms with Crippen LogP contribution in [0.1, 0.15) is 34.5 Å². The Morgan fingerprint density at radius 2 is 1.71 bits per heavy atom. The van der Waals surface area contributed by atoms with Crippen molar-refractivity contribution in [3.63, 3.8) is 0 Å². The summed E-state index contributed by atoms with van der Waals surface area (Å²) in [5.41, 5.74) is 2.36. The van der Waals surface area contributed by atoms with Crippen LogP contribution in [0.3, 0.4) is 0 Å². The zero-order valence-corrected chi connectivity index (χ0v) is 16.8. The lowest BCUT2D eigenvalue weighted by molar-refractivity contribution is -0.384. The van der Waals surface area contributed by atoms with Crippen LogP contribution in [0.15, 0.2) is 84.9 Å². The lowest BCUT2D eigenvalue weighted by Gasteiger charge is -2.14. The number of carbonyl (C=O) groups excluding carboxylic acids is 2. The van der Waals surface area contributed by atoms with E-state index in [-0.39, 0.29) is 17.6 Å². The summed E-state index contributed by atoms with van der Waals surface area (Å²) < 4.78 is 0. The predicted octanol–water partition coefficient (Wildman–Crippen LogP) is 4.74. The molecule has 1 unspecified atom stereocenters. The summed E-state index contributed by atoms with van der Waals surface area (Å²) in [7, 11) is 0. The number of hydrogen-bond acceptors (Lipinski definition) is 4. The third-order valence-corrected chi connectivity index (χ3v) is 4.55. The molecule has 0 aliphatic carbocycles. The molecule has 0 saturated heterocycles. The lowest BCUT2D eigenvalue weighted by Crippen LogP contribution is -2.26. The Morgan fingerprint density at radius 1 is 0.968 bits per heavy atom. The fourth-order valence-corrected chi connectivity index (χ4v) is 2.94. The van der Waals surface area contributed by atoms with Gasteiger partial charge >= 0.3 is 0 Å². The summed E-state index contributed by atoms with van der Waals surface area (Å²) in [6, 6.07) is 22.0. The Kier molecular flexibility index (Phi) is 6.90. The largest absolute Gasteiger partial charge is 0.346 e. The van der Waals surface area contributed by atoms with E-state index in [1.165, 1.54) is 24.3 Å². The summed E-state index contributed by atoms with van der Waals surface area (Å²) in [5.74, 6) is -0.665. The molecule has 0 aliphatic heterocycles. The van der Waals surface area contributed by atoms with Crippen LogP contribution in [-0.4, -0.2) is 16.7 Å². The minimum Gasteiger partial charge on any atom is -0.346 e. The molecule has 3 rings (SSSR count). The highest BCUT2D eigenvalue weighted by Crippen LogP contribution is 2.16. The number of nitrogens with one attached hydrogen (secondary N) is 2.